The Morgan fingerprint density at radius 3 is 2.87 bits per heavy atom. The Hall–Kier alpha value is -3.07. The van der Waals surface area contributed by atoms with Crippen molar-refractivity contribution in [3.8, 4) is 0 Å². The largest absolute Gasteiger partial charge is 0.338 e. The summed E-state index contributed by atoms with van der Waals surface area (Å²) in [5.41, 5.74) is 3.30. The number of carbonyl (C=O) groups excluding carboxylic acids is 1. The highest BCUT2D eigenvalue weighted by Gasteiger charge is 2.28. The van der Waals surface area contributed by atoms with Gasteiger partial charge in [-0.2, -0.15) is 0 Å². The number of hydrogen-bond donors (Lipinski definition) is 1. The van der Waals surface area contributed by atoms with Crippen molar-refractivity contribution < 1.29 is 13.6 Å². The zero-order chi connectivity index (χ0) is 20.8. The number of H-pyrrole nitrogens is 1. The van der Waals surface area contributed by atoms with Crippen LogP contribution in [0.2, 0.25) is 0 Å². The molecular formula is C21H17F2N5OS. The van der Waals surface area contributed by atoms with Gasteiger partial charge in [0.1, 0.15) is 17.2 Å². The molecule has 152 valence electrons. The van der Waals surface area contributed by atoms with E-state index in [1.165, 1.54) is 36.0 Å². The van der Waals surface area contributed by atoms with E-state index in [9.17, 15) is 13.6 Å². The second kappa shape index (κ2) is 7.32. The molecule has 0 saturated carbocycles. The smallest absolute Gasteiger partial charge is 0.237 e. The molecule has 1 amide bonds. The number of aromatic amines is 1. The number of benzene rings is 2. The summed E-state index contributed by atoms with van der Waals surface area (Å²) in [5, 5.41) is 9.22. The van der Waals surface area contributed by atoms with Gasteiger partial charge >= 0.3 is 0 Å². The molecule has 0 fully saturated rings. The van der Waals surface area contributed by atoms with Crippen LogP contribution in [-0.4, -0.2) is 37.9 Å². The van der Waals surface area contributed by atoms with Gasteiger partial charge < -0.3 is 9.88 Å². The van der Waals surface area contributed by atoms with Gasteiger partial charge in [-0.1, -0.05) is 11.8 Å². The molecule has 0 spiro atoms. The highest BCUT2D eigenvalue weighted by atomic mass is 32.2. The Labute approximate surface area is 174 Å². The van der Waals surface area contributed by atoms with Gasteiger partial charge in [0.2, 0.25) is 11.1 Å². The number of aryl methyl sites for hydroxylation is 1. The van der Waals surface area contributed by atoms with Gasteiger partial charge in [0.25, 0.3) is 0 Å². The Morgan fingerprint density at radius 1 is 1.20 bits per heavy atom. The summed E-state index contributed by atoms with van der Waals surface area (Å²) in [7, 11) is 0. The number of fused-ring (bicyclic) bond motifs is 4. The lowest BCUT2D eigenvalue weighted by atomic mass is 9.96. The fourth-order valence-electron chi connectivity index (χ4n) is 3.89. The highest BCUT2D eigenvalue weighted by Crippen LogP contribution is 2.32. The Kier molecular flexibility index (Phi) is 4.62. The standard InChI is InChI=1S/C21H17F2N5OS/c1-11-2-3-12-8-13(22)5-7-17(12)28(11)18(29)10-30-21-25-20-19(26-27-21)15-9-14(23)4-6-16(15)24-20/h4-9,11H,2-3,10H2,1H3,(H,24,25,27)/t11-/m0/s1. The zero-order valence-electron chi connectivity index (χ0n) is 16.0. The predicted octanol–water partition coefficient (Wildman–Crippen LogP) is 4.24. The first-order valence-corrected chi connectivity index (χ1v) is 10.5. The van der Waals surface area contributed by atoms with Crippen molar-refractivity contribution in [1.29, 1.82) is 0 Å². The molecule has 1 atom stereocenters. The number of nitrogens with one attached hydrogen (secondary N) is 1. The monoisotopic (exact) mass is 425 g/mol. The van der Waals surface area contributed by atoms with Gasteiger partial charge in [-0.25, -0.2) is 13.8 Å². The number of thioether (sulfide) groups is 1. The molecule has 2 aromatic heterocycles. The molecule has 30 heavy (non-hydrogen) atoms. The van der Waals surface area contributed by atoms with E-state index in [0.29, 0.717) is 21.7 Å². The third-order valence-electron chi connectivity index (χ3n) is 5.32. The molecule has 5 rings (SSSR count). The maximum atomic E-state index is 13.6. The number of nitrogens with zero attached hydrogens (tertiary/aromatic N) is 4. The summed E-state index contributed by atoms with van der Waals surface area (Å²) >= 11 is 1.19. The lowest BCUT2D eigenvalue weighted by Crippen LogP contribution is -2.43. The van der Waals surface area contributed by atoms with Gasteiger partial charge in [0.05, 0.1) is 5.75 Å². The summed E-state index contributed by atoms with van der Waals surface area (Å²) < 4.78 is 27.1. The predicted molar refractivity (Wildman–Crippen MR) is 112 cm³/mol. The summed E-state index contributed by atoms with van der Waals surface area (Å²) in [6.45, 7) is 1.99. The Bertz CT molecular complexity index is 1290. The maximum absolute atomic E-state index is 13.6. The van der Waals surface area contributed by atoms with Crippen LogP contribution in [0, 0.1) is 11.6 Å². The van der Waals surface area contributed by atoms with Crippen molar-refractivity contribution in [3.63, 3.8) is 0 Å². The van der Waals surface area contributed by atoms with E-state index in [0.717, 1.165) is 29.6 Å². The minimum absolute atomic E-state index is 0.0289. The zero-order valence-corrected chi connectivity index (χ0v) is 16.8. The van der Waals surface area contributed by atoms with Crippen molar-refractivity contribution in [2.24, 2.45) is 0 Å². The average Bonchev–Trinajstić information content (AvgIpc) is 3.09. The molecule has 9 heteroatoms. The second-order valence-corrected chi connectivity index (χ2v) is 8.26. The molecule has 4 aromatic rings. The van der Waals surface area contributed by atoms with E-state index in [4.69, 9.17) is 0 Å². The molecule has 0 radical (unpaired) electrons. The Balaban J connectivity index is 1.37. The van der Waals surface area contributed by atoms with E-state index in [1.807, 2.05) is 6.92 Å². The number of anilines is 1. The first kappa shape index (κ1) is 18.9. The van der Waals surface area contributed by atoms with Crippen LogP contribution in [0.25, 0.3) is 22.1 Å². The summed E-state index contributed by atoms with van der Waals surface area (Å²) in [5.74, 6) is -0.618. The van der Waals surface area contributed by atoms with Crippen molar-refractivity contribution in [3.05, 3.63) is 53.6 Å². The molecule has 1 aliphatic rings. The van der Waals surface area contributed by atoms with Gasteiger partial charge in [-0.15, -0.1) is 10.2 Å². The fourth-order valence-corrected chi connectivity index (χ4v) is 4.53. The van der Waals surface area contributed by atoms with Crippen molar-refractivity contribution in [2.75, 3.05) is 10.7 Å². The molecular weight excluding hydrogens is 408 g/mol. The fraction of sp³-hybridized carbons (Fsp3) is 0.238. The summed E-state index contributed by atoms with van der Waals surface area (Å²) in [6.07, 6.45) is 1.53. The molecule has 0 saturated heterocycles. The van der Waals surface area contributed by atoms with Gasteiger partial charge in [-0.05, 0) is 61.7 Å². The quantitative estimate of drug-likeness (QED) is 0.497. The van der Waals surface area contributed by atoms with E-state index < -0.39 is 0 Å². The van der Waals surface area contributed by atoms with E-state index >= 15 is 0 Å². The van der Waals surface area contributed by atoms with Crippen LogP contribution in [-0.2, 0) is 11.2 Å². The summed E-state index contributed by atoms with van der Waals surface area (Å²) in [4.78, 5) is 22.2. The Morgan fingerprint density at radius 2 is 2.00 bits per heavy atom. The highest BCUT2D eigenvalue weighted by molar-refractivity contribution is 7.99. The number of hydrogen-bond acceptors (Lipinski definition) is 5. The van der Waals surface area contributed by atoms with E-state index in [1.54, 1.807) is 17.0 Å². The first-order chi connectivity index (χ1) is 14.5. The SMILES string of the molecule is C[C@H]1CCc2cc(F)ccc2N1C(=O)CSc1nnc2c(n1)[nH]c1ccc(F)cc12. The molecule has 0 bridgehead atoms. The van der Waals surface area contributed by atoms with Crippen molar-refractivity contribution in [1.82, 2.24) is 20.2 Å². The van der Waals surface area contributed by atoms with Crippen LogP contribution >= 0.6 is 11.8 Å². The minimum Gasteiger partial charge on any atom is -0.338 e. The topological polar surface area (TPSA) is 74.8 Å². The first-order valence-electron chi connectivity index (χ1n) is 9.54. The second-order valence-electron chi connectivity index (χ2n) is 7.32. The van der Waals surface area contributed by atoms with E-state index in [-0.39, 0.29) is 29.3 Å². The number of halogens is 2. The average molecular weight is 425 g/mol. The van der Waals surface area contributed by atoms with Gasteiger partial charge in [0.15, 0.2) is 5.65 Å². The number of carbonyl (C=O) groups is 1. The molecule has 0 aliphatic carbocycles. The third-order valence-corrected chi connectivity index (χ3v) is 6.15. The normalized spacial score (nSPS) is 16.2. The van der Waals surface area contributed by atoms with Crippen LogP contribution in [0.5, 0.6) is 0 Å². The van der Waals surface area contributed by atoms with Gasteiger partial charge in [-0.3, -0.25) is 4.79 Å². The molecule has 1 N–H and O–H groups in total. The van der Waals surface area contributed by atoms with Gasteiger partial charge in [0, 0.05) is 22.6 Å². The summed E-state index contributed by atoms with van der Waals surface area (Å²) in [6, 6.07) is 8.94. The maximum Gasteiger partial charge on any atom is 0.237 e. The lowest BCUT2D eigenvalue weighted by molar-refractivity contribution is -0.116. The third kappa shape index (κ3) is 3.28. The molecule has 0 unspecified atom stereocenters. The molecule has 1 aliphatic heterocycles. The van der Waals surface area contributed by atoms with Crippen LogP contribution < -0.4 is 4.90 Å². The number of amides is 1. The van der Waals surface area contributed by atoms with Crippen molar-refractivity contribution >= 4 is 45.4 Å². The number of rotatable bonds is 3. The lowest BCUT2D eigenvalue weighted by Gasteiger charge is -2.35. The van der Waals surface area contributed by atoms with Crippen LogP contribution in [0.3, 0.4) is 0 Å². The van der Waals surface area contributed by atoms with Crippen molar-refractivity contribution in [2.45, 2.75) is 31.0 Å². The van der Waals surface area contributed by atoms with Crippen LogP contribution in [0.1, 0.15) is 18.9 Å². The molecule has 2 aromatic carbocycles. The molecule has 6 nitrogen and oxygen atoms in total. The van der Waals surface area contributed by atoms with Crippen LogP contribution in [0.15, 0.2) is 41.6 Å². The molecule has 3 heterocycles. The number of aromatic nitrogens is 4. The van der Waals surface area contributed by atoms with Crippen LogP contribution in [0.4, 0.5) is 14.5 Å². The minimum atomic E-state index is -0.356. The van der Waals surface area contributed by atoms with E-state index in [2.05, 4.69) is 20.2 Å².